The van der Waals surface area contributed by atoms with Gasteiger partial charge in [-0.25, -0.2) is 8.78 Å². The van der Waals surface area contributed by atoms with E-state index in [2.05, 4.69) is 19.2 Å². The molecule has 112 valence electrons. The summed E-state index contributed by atoms with van der Waals surface area (Å²) in [6.07, 6.45) is 4.29. The highest BCUT2D eigenvalue weighted by Crippen LogP contribution is 2.29. The molecule has 0 spiro atoms. The largest absolute Gasteiger partial charge is 0.311 e. The van der Waals surface area contributed by atoms with E-state index < -0.39 is 6.43 Å². The third-order valence-corrected chi connectivity index (χ3v) is 4.85. The highest BCUT2D eigenvalue weighted by atomic mass is 19.3. The van der Waals surface area contributed by atoms with Gasteiger partial charge in [-0.3, -0.25) is 4.90 Å². The topological polar surface area (TPSA) is 15.3 Å². The van der Waals surface area contributed by atoms with E-state index in [0.29, 0.717) is 17.9 Å². The van der Waals surface area contributed by atoms with Gasteiger partial charge in [0.2, 0.25) is 0 Å². The standard InChI is InChI=1S/C15H28F2N2/c1-11(2)14-8-18-13(9-19(14)10-15(16)17)12-6-4-3-5-7-12/h11-15,18H,3-10H2,1-2H3. The van der Waals surface area contributed by atoms with Gasteiger partial charge in [0.15, 0.2) is 0 Å². The molecule has 0 aromatic heterocycles. The summed E-state index contributed by atoms with van der Waals surface area (Å²) in [6.45, 7) is 5.87. The van der Waals surface area contributed by atoms with Gasteiger partial charge in [-0.2, -0.15) is 0 Å². The Balaban J connectivity index is 1.94. The van der Waals surface area contributed by atoms with Crippen LogP contribution < -0.4 is 5.32 Å². The lowest BCUT2D eigenvalue weighted by Crippen LogP contribution is -2.61. The van der Waals surface area contributed by atoms with Gasteiger partial charge in [0, 0.05) is 25.2 Å². The SMILES string of the molecule is CC(C)C1CNC(C2CCCCC2)CN1CC(F)F. The summed E-state index contributed by atoms with van der Waals surface area (Å²) >= 11 is 0. The van der Waals surface area contributed by atoms with Crippen molar-refractivity contribution in [3.8, 4) is 0 Å². The molecule has 1 saturated heterocycles. The molecular formula is C15H28F2N2. The van der Waals surface area contributed by atoms with E-state index in [1.807, 2.05) is 4.90 Å². The zero-order valence-corrected chi connectivity index (χ0v) is 12.2. The Hall–Kier alpha value is -0.220. The second-order valence-corrected chi connectivity index (χ2v) is 6.57. The van der Waals surface area contributed by atoms with Crippen LogP contribution >= 0.6 is 0 Å². The Labute approximate surface area is 115 Å². The van der Waals surface area contributed by atoms with Crippen molar-refractivity contribution in [2.75, 3.05) is 19.6 Å². The first kappa shape index (κ1) is 15.2. The Morgan fingerprint density at radius 2 is 1.84 bits per heavy atom. The number of piperazine rings is 1. The second kappa shape index (κ2) is 6.98. The first-order valence-electron chi connectivity index (χ1n) is 7.83. The number of alkyl halides is 2. The Kier molecular flexibility index (Phi) is 5.58. The van der Waals surface area contributed by atoms with Crippen molar-refractivity contribution in [1.82, 2.24) is 10.2 Å². The highest BCUT2D eigenvalue weighted by molar-refractivity contribution is 4.91. The average molecular weight is 274 g/mol. The summed E-state index contributed by atoms with van der Waals surface area (Å²) in [7, 11) is 0. The van der Waals surface area contributed by atoms with E-state index in [-0.39, 0.29) is 12.6 Å². The average Bonchev–Trinajstić information content (AvgIpc) is 2.38. The fraction of sp³-hybridized carbons (Fsp3) is 1.00. The van der Waals surface area contributed by atoms with E-state index in [0.717, 1.165) is 13.1 Å². The predicted molar refractivity (Wildman–Crippen MR) is 74.6 cm³/mol. The third-order valence-electron chi connectivity index (χ3n) is 4.85. The molecular weight excluding hydrogens is 246 g/mol. The molecule has 0 amide bonds. The predicted octanol–water partition coefficient (Wildman–Crippen LogP) is 3.13. The lowest BCUT2D eigenvalue weighted by molar-refractivity contribution is 0.0171. The third kappa shape index (κ3) is 4.12. The lowest BCUT2D eigenvalue weighted by atomic mass is 9.82. The molecule has 0 radical (unpaired) electrons. The monoisotopic (exact) mass is 274 g/mol. The minimum Gasteiger partial charge on any atom is -0.311 e. The number of rotatable bonds is 4. The summed E-state index contributed by atoms with van der Waals surface area (Å²) in [5, 5.41) is 3.64. The van der Waals surface area contributed by atoms with Gasteiger partial charge in [-0.1, -0.05) is 33.1 Å². The van der Waals surface area contributed by atoms with Crippen molar-refractivity contribution < 1.29 is 8.78 Å². The summed E-state index contributed by atoms with van der Waals surface area (Å²) < 4.78 is 25.5. The van der Waals surface area contributed by atoms with Crippen molar-refractivity contribution in [1.29, 1.82) is 0 Å². The highest BCUT2D eigenvalue weighted by Gasteiger charge is 2.34. The van der Waals surface area contributed by atoms with Crippen molar-refractivity contribution in [3.63, 3.8) is 0 Å². The number of nitrogens with zero attached hydrogens (tertiary/aromatic N) is 1. The van der Waals surface area contributed by atoms with Crippen LogP contribution in [0.15, 0.2) is 0 Å². The number of hydrogen-bond donors (Lipinski definition) is 1. The van der Waals surface area contributed by atoms with Gasteiger partial charge >= 0.3 is 0 Å². The maximum absolute atomic E-state index is 12.8. The van der Waals surface area contributed by atoms with Crippen LogP contribution in [0.3, 0.4) is 0 Å². The molecule has 19 heavy (non-hydrogen) atoms. The van der Waals surface area contributed by atoms with Crippen LogP contribution in [0.2, 0.25) is 0 Å². The van der Waals surface area contributed by atoms with Crippen LogP contribution in [0.1, 0.15) is 46.0 Å². The zero-order valence-electron chi connectivity index (χ0n) is 12.2. The molecule has 1 heterocycles. The van der Waals surface area contributed by atoms with Crippen molar-refractivity contribution in [3.05, 3.63) is 0 Å². The van der Waals surface area contributed by atoms with Crippen LogP contribution in [0.25, 0.3) is 0 Å². The van der Waals surface area contributed by atoms with Crippen molar-refractivity contribution in [2.45, 2.75) is 64.5 Å². The Morgan fingerprint density at radius 1 is 1.16 bits per heavy atom. The van der Waals surface area contributed by atoms with E-state index in [9.17, 15) is 8.78 Å². The quantitative estimate of drug-likeness (QED) is 0.847. The maximum atomic E-state index is 12.8. The minimum absolute atomic E-state index is 0.0618. The van der Waals surface area contributed by atoms with Gasteiger partial charge in [0.1, 0.15) is 0 Å². The molecule has 2 rings (SSSR count). The van der Waals surface area contributed by atoms with Crippen LogP contribution in [0.4, 0.5) is 8.78 Å². The van der Waals surface area contributed by atoms with Gasteiger partial charge < -0.3 is 5.32 Å². The summed E-state index contributed by atoms with van der Waals surface area (Å²) in [4.78, 5) is 2.03. The summed E-state index contributed by atoms with van der Waals surface area (Å²) in [5.74, 6) is 1.13. The minimum atomic E-state index is -2.22. The molecule has 1 aliphatic heterocycles. The van der Waals surface area contributed by atoms with E-state index in [1.54, 1.807) is 0 Å². The van der Waals surface area contributed by atoms with Crippen LogP contribution in [0, 0.1) is 11.8 Å². The van der Waals surface area contributed by atoms with Crippen LogP contribution in [-0.4, -0.2) is 43.0 Å². The second-order valence-electron chi connectivity index (χ2n) is 6.57. The maximum Gasteiger partial charge on any atom is 0.251 e. The molecule has 2 nitrogen and oxygen atoms in total. The van der Waals surface area contributed by atoms with Crippen LogP contribution in [0.5, 0.6) is 0 Å². The van der Waals surface area contributed by atoms with E-state index in [4.69, 9.17) is 0 Å². The number of halogens is 2. The lowest BCUT2D eigenvalue weighted by Gasteiger charge is -2.45. The molecule has 2 unspecified atom stereocenters. The van der Waals surface area contributed by atoms with E-state index in [1.165, 1.54) is 32.1 Å². The molecule has 2 atom stereocenters. The Morgan fingerprint density at radius 3 is 2.42 bits per heavy atom. The molecule has 0 aromatic rings. The fourth-order valence-electron chi connectivity index (χ4n) is 3.75. The van der Waals surface area contributed by atoms with Crippen LogP contribution in [-0.2, 0) is 0 Å². The first-order chi connectivity index (χ1) is 9.08. The summed E-state index contributed by atoms with van der Waals surface area (Å²) in [5.41, 5.74) is 0. The molecule has 2 aliphatic rings. The molecule has 0 bridgehead atoms. The summed E-state index contributed by atoms with van der Waals surface area (Å²) in [6, 6.07) is 0.683. The molecule has 1 aliphatic carbocycles. The van der Waals surface area contributed by atoms with Gasteiger partial charge in [0.05, 0.1) is 6.54 Å². The normalized spacial score (nSPS) is 31.3. The first-order valence-corrected chi connectivity index (χ1v) is 7.83. The smallest absolute Gasteiger partial charge is 0.251 e. The van der Waals surface area contributed by atoms with Gasteiger partial charge in [-0.15, -0.1) is 0 Å². The van der Waals surface area contributed by atoms with Gasteiger partial charge in [-0.05, 0) is 24.7 Å². The van der Waals surface area contributed by atoms with Crippen molar-refractivity contribution >= 4 is 0 Å². The molecule has 1 saturated carbocycles. The molecule has 4 heteroatoms. The van der Waals surface area contributed by atoms with Crippen molar-refractivity contribution in [2.24, 2.45) is 11.8 Å². The fourth-order valence-corrected chi connectivity index (χ4v) is 3.75. The van der Waals surface area contributed by atoms with E-state index >= 15 is 0 Å². The molecule has 1 N–H and O–H groups in total. The molecule has 2 fully saturated rings. The zero-order chi connectivity index (χ0) is 13.8. The van der Waals surface area contributed by atoms with Gasteiger partial charge in [0.25, 0.3) is 6.43 Å². The number of nitrogens with one attached hydrogen (secondary N) is 1. The molecule has 0 aromatic carbocycles. The Bertz CT molecular complexity index is 265. The number of hydrogen-bond acceptors (Lipinski definition) is 2.